The molecule has 0 saturated carbocycles. The second-order valence-electron chi connectivity index (χ2n) is 5.15. The Hall–Kier alpha value is -2.57. The molecule has 0 fully saturated rings. The van der Waals surface area contributed by atoms with Gasteiger partial charge in [0.15, 0.2) is 0 Å². The first-order valence-corrected chi connectivity index (χ1v) is 8.09. The summed E-state index contributed by atoms with van der Waals surface area (Å²) in [6.45, 7) is 0.402. The molecule has 1 aromatic carbocycles. The van der Waals surface area contributed by atoms with E-state index in [2.05, 4.69) is 15.4 Å². The average Bonchev–Trinajstić information content (AvgIpc) is 3.04. The van der Waals surface area contributed by atoms with Gasteiger partial charge in [-0.1, -0.05) is 29.3 Å². The Balaban J connectivity index is 1.75. The van der Waals surface area contributed by atoms with Crippen molar-refractivity contribution in [2.75, 3.05) is 12.4 Å². The molecule has 0 aliphatic carbocycles. The van der Waals surface area contributed by atoms with Crippen LogP contribution in [0.15, 0.2) is 48.8 Å². The van der Waals surface area contributed by atoms with Crippen molar-refractivity contribution in [1.82, 2.24) is 14.8 Å². The molecule has 3 rings (SSSR count). The molecule has 0 atom stereocenters. The van der Waals surface area contributed by atoms with Crippen LogP contribution in [-0.2, 0) is 6.54 Å². The van der Waals surface area contributed by atoms with Gasteiger partial charge in [-0.2, -0.15) is 5.10 Å². The van der Waals surface area contributed by atoms with E-state index >= 15 is 0 Å². The van der Waals surface area contributed by atoms with Crippen LogP contribution in [0.25, 0.3) is 0 Å². The number of pyridine rings is 1. The Morgan fingerprint density at radius 3 is 2.76 bits per heavy atom. The highest BCUT2D eigenvalue weighted by molar-refractivity contribution is 6.35. The first kappa shape index (κ1) is 17.3. The number of halogens is 2. The van der Waals surface area contributed by atoms with E-state index in [1.54, 1.807) is 41.2 Å². The molecule has 8 heteroatoms. The van der Waals surface area contributed by atoms with E-state index in [1.165, 1.54) is 13.3 Å². The molecule has 1 N–H and O–H groups in total. The second-order valence-corrected chi connectivity index (χ2v) is 6.00. The molecule has 0 radical (unpaired) electrons. The number of amides is 1. The number of hydrogen-bond acceptors (Lipinski definition) is 4. The van der Waals surface area contributed by atoms with Crippen molar-refractivity contribution >= 4 is 34.9 Å². The SMILES string of the molecule is COc1ccc(C(=O)Nc2ccnn2Cc2ccc(Cl)cc2Cl)cn1. The van der Waals surface area contributed by atoms with Gasteiger partial charge in [-0.25, -0.2) is 9.67 Å². The van der Waals surface area contributed by atoms with Gasteiger partial charge < -0.3 is 10.1 Å². The molecule has 3 aromatic rings. The summed E-state index contributed by atoms with van der Waals surface area (Å²) in [4.78, 5) is 16.4. The van der Waals surface area contributed by atoms with E-state index in [9.17, 15) is 4.79 Å². The molecule has 2 heterocycles. The van der Waals surface area contributed by atoms with Crippen molar-refractivity contribution in [1.29, 1.82) is 0 Å². The predicted molar refractivity (Wildman–Crippen MR) is 96.5 cm³/mol. The number of methoxy groups -OCH3 is 1. The minimum Gasteiger partial charge on any atom is -0.481 e. The maximum Gasteiger partial charge on any atom is 0.258 e. The molecule has 0 unspecified atom stereocenters. The molecular formula is C17H14Cl2N4O2. The van der Waals surface area contributed by atoms with E-state index in [1.807, 2.05) is 6.07 Å². The highest BCUT2D eigenvalue weighted by atomic mass is 35.5. The molecule has 0 spiro atoms. The molecule has 6 nitrogen and oxygen atoms in total. The van der Waals surface area contributed by atoms with Gasteiger partial charge in [-0.3, -0.25) is 4.79 Å². The molecule has 25 heavy (non-hydrogen) atoms. The zero-order valence-electron chi connectivity index (χ0n) is 13.2. The second kappa shape index (κ2) is 7.55. The van der Waals surface area contributed by atoms with Crippen molar-refractivity contribution in [3.63, 3.8) is 0 Å². The smallest absolute Gasteiger partial charge is 0.258 e. The van der Waals surface area contributed by atoms with Crippen LogP contribution in [0, 0.1) is 0 Å². The Kier molecular flexibility index (Phi) is 5.21. The van der Waals surface area contributed by atoms with Gasteiger partial charge >= 0.3 is 0 Å². The van der Waals surface area contributed by atoms with Gasteiger partial charge in [0.1, 0.15) is 5.82 Å². The summed E-state index contributed by atoms with van der Waals surface area (Å²) in [5, 5.41) is 8.14. The minimum atomic E-state index is -0.292. The van der Waals surface area contributed by atoms with Gasteiger partial charge in [0.2, 0.25) is 5.88 Å². The van der Waals surface area contributed by atoms with Crippen LogP contribution in [-0.4, -0.2) is 27.8 Å². The lowest BCUT2D eigenvalue weighted by atomic mass is 10.2. The van der Waals surface area contributed by atoms with Gasteiger partial charge in [-0.05, 0) is 23.8 Å². The summed E-state index contributed by atoms with van der Waals surface area (Å²) in [6, 6.07) is 10.2. The molecule has 0 bridgehead atoms. The number of rotatable bonds is 5. The van der Waals surface area contributed by atoms with Crippen LogP contribution in [0.1, 0.15) is 15.9 Å². The van der Waals surface area contributed by atoms with E-state index in [4.69, 9.17) is 27.9 Å². The summed E-state index contributed by atoms with van der Waals surface area (Å²) in [5.74, 6) is 0.699. The summed E-state index contributed by atoms with van der Waals surface area (Å²) >= 11 is 12.1. The van der Waals surface area contributed by atoms with Gasteiger partial charge in [0.25, 0.3) is 5.91 Å². The third-order valence-electron chi connectivity index (χ3n) is 3.50. The lowest BCUT2D eigenvalue weighted by molar-refractivity contribution is 0.102. The number of aromatic nitrogens is 3. The fourth-order valence-electron chi connectivity index (χ4n) is 2.20. The monoisotopic (exact) mass is 376 g/mol. The minimum absolute atomic E-state index is 0.292. The maximum atomic E-state index is 12.4. The van der Waals surface area contributed by atoms with Crippen molar-refractivity contribution in [2.45, 2.75) is 6.54 Å². The first-order valence-electron chi connectivity index (χ1n) is 7.34. The average molecular weight is 377 g/mol. The summed E-state index contributed by atoms with van der Waals surface area (Å²) in [6.07, 6.45) is 3.05. The molecule has 1 amide bonds. The zero-order valence-corrected chi connectivity index (χ0v) is 14.8. The number of nitrogens with zero attached hydrogens (tertiary/aromatic N) is 3. The van der Waals surface area contributed by atoms with Crippen molar-refractivity contribution in [2.24, 2.45) is 0 Å². The molecule has 0 aliphatic heterocycles. The molecule has 128 valence electrons. The third-order valence-corrected chi connectivity index (χ3v) is 4.09. The van der Waals surface area contributed by atoms with Crippen LogP contribution in [0.3, 0.4) is 0 Å². The number of carbonyl (C=O) groups excluding carboxylic acids is 1. The highest BCUT2D eigenvalue weighted by Gasteiger charge is 2.12. The number of nitrogens with one attached hydrogen (secondary N) is 1. The lowest BCUT2D eigenvalue weighted by Gasteiger charge is -2.10. The summed E-state index contributed by atoms with van der Waals surface area (Å²) in [7, 11) is 1.52. The predicted octanol–water partition coefficient (Wildman–Crippen LogP) is 3.89. The number of anilines is 1. The maximum absolute atomic E-state index is 12.4. The topological polar surface area (TPSA) is 69.0 Å². The van der Waals surface area contributed by atoms with Gasteiger partial charge in [0.05, 0.1) is 25.4 Å². The normalized spacial score (nSPS) is 10.5. The fraction of sp³-hybridized carbons (Fsp3) is 0.118. The van der Waals surface area contributed by atoms with E-state index in [0.29, 0.717) is 33.9 Å². The van der Waals surface area contributed by atoms with E-state index in [0.717, 1.165) is 5.56 Å². The van der Waals surface area contributed by atoms with E-state index in [-0.39, 0.29) is 5.91 Å². The largest absolute Gasteiger partial charge is 0.481 e. The Bertz CT molecular complexity index is 894. The van der Waals surface area contributed by atoms with Gasteiger partial charge in [0, 0.05) is 28.4 Å². The van der Waals surface area contributed by atoms with Gasteiger partial charge in [-0.15, -0.1) is 0 Å². The van der Waals surface area contributed by atoms with Crippen molar-refractivity contribution in [3.8, 4) is 5.88 Å². The molecule has 0 saturated heterocycles. The summed E-state index contributed by atoms with van der Waals surface area (Å²) < 4.78 is 6.62. The van der Waals surface area contributed by atoms with Crippen molar-refractivity contribution in [3.05, 3.63) is 70.0 Å². The number of ether oxygens (including phenoxy) is 1. The quantitative estimate of drug-likeness (QED) is 0.733. The van der Waals surface area contributed by atoms with Crippen LogP contribution >= 0.6 is 23.2 Å². The van der Waals surface area contributed by atoms with E-state index < -0.39 is 0 Å². The Morgan fingerprint density at radius 1 is 1.24 bits per heavy atom. The van der Waals surface area contributed by atoms with Crippen LogP contribution < -0.4 is 10.1 Å². The molecule has 0 aliphatic rings. The fourth-order valence-corrected chi connectivity index (χ4v) is 2.67. The number of carbonyl (C=O) groups is 1. The Morgan fingerprint density at radius 2 is 2.08 bits per heavy atom. The first-order chi connectivity index (χ1) is 12.1. The molecule has 2 aromatic heterocycles. The van der Waals surface area contributed by atoms with Crippen LogP contribution in [0.5, 0.6) is 5.88 Å². The third kappa shape index (κ3) is 4.10. The van der Waals surface area contributed by atoms with Crippen molar-refractivity contribution < 1.29 is 9.53 Å². The van der Waals surface area contributed by atoms with Crippen LogP contribution in [0.4, 0.5) is 5.82 Å². The number of hydrogen-bond donors (Lipinski definition) is 1. The Labute approximate surface area is 154 Å². The molecular weight excluding hydrogens is 363 g/mol. The number of benzene rings is 1. The highest BCUT2D eigenvalue weighted by Crippen LogP contribution is 2.23. The zero-order chi connectivity index (χ0) is 17.8. The van der Waals surface area contributed by atoms with Crippen LogP contribution in [0.2, 0.25) is 10.0 Å². The lowest BCUT2D eigenvalue weighted by Crippen LogP contribution is -2.16. The summed E-state index contributed by atoms with van der Waals surface area (Å²) in [5.41, 5.74) is 1.26. The standard InChI is InChI=1S/C17H14Cl2N4O2/c1-25-16-5-3-11(9-20-16)17(24)22-15-6-7-21-23(15)10-12-2-4-13(18)8-14(12)19/h2-9H,10H2,1H3,(H,22,24).